The normalized spacial score (nSPS) is 22.3. The van der Waals surface area contributed by atoms with Gasteiger partial charge in [0.15, 0.2) is 0 Å². The van der Waals surface area contributed by atoms with Crippen molar-refractivity contribution in [2.75, 3.05) is 19.6 Å². The van der Waals surface area contributed by atoms with Crippen LogP contribution in [0.4, 0.5) is 0 Å². The minimum atomic E-state index is 0.713. The van der Waals surface area contributed by atoms with E-state index >= 15 is 0 Å². The molecule has 1 aromatic carbocycles. The third-order valence-electron chi connectivity index (χ3n) is 4.31. The molecule has 1 aliphatic carbocycles. The summed E-state index contributed by atoms with van der Waals surface area (Å²) in [5.74, 6) is 0. The molecule has 1 saturated heterocycles. The number of hydrogen-bond donors (Lipinski definition) is 2. The molecular formula is C16H24N2. The molecule has 98 valence electrons. The van der Waals surface area contributed by atoms with E-state index < -0.39 is 0 Å². The van der Waals surface area contributed by atoms with Crippen LogP contribution in [0.1, 0.15) is 36.0 Å². The molecule has 0 bridgehead atoms. The summed E-state index contributed by atoms with van der Waals surface area (Å²) in [6, 6.07) is 7.80. The topological polar surface area (TPSA) is 24.1 Å². The molecule has 1 heterocycles. The van der Waals surface area contributed by atoms with Crippen molar-refractivity contribution >= 4 is 0 Å². The van der Waals surface area contributed by atoms with Gasteiger partial charge in [-0.3, -0.25) is 0 Å². The van der Waals surface area contributed by atoms with Crippen molar-refractivity contribution in [1.82, 2.24) is 10.6 Å². The fraction of sp³-hybridized carbons (Fsp3) is 0.625. The van der Waals surface area contributed by atoms with Crippen molar-refractivity contribution < 1.29 is 0 Å². The van der Waals surface area contributed by atoms with E-state index in [2.05, 4.69) is 28.8 Å². The minimum absolute atomic E-state index is 0.713. The molecule has 1 unspecified atom stereocenters. The molecule has 2 N–H and O–H groups in total. The van der Waals surface area contributed by atoms with Gasteiger partial charge < -0.3 is 10.6 Å². The van der Waals surface area contributed by atoms with Gasteiger partial charge in [-0.15, -0.1) is 0 Å². The van der Waals surface area contributed by atoms with Gasteiger partial charge in [0, 0.05) is 12.6 Å². The maximum Gasteiger partial charge on any atom is 0.0192 e. The van der Waals surface area contributed by atoms with E-state index in [-0.39, 0.29) is 0 Å². The molecule has 18 heavy (non-hydrogen) atoms. The molecule has 1 aromatic rings. The molecular weight excluding hydrogens is 220 g/mol. The van der Waals surface area contributed by atoms with E-state index in [1.165, 1.54) is 50.6 Å². The predicted molar refractivity (Wildman–Crippen MR) is 76.1 cm³/mol. The van der Waals surface area contributed by atoms with Gasteiger partial charge in [-0.25, -0.2) is 0 Å². The highest BCUT2D eigenvalue weighted by Crippen LogP contribution is 2.22. The maximum atomic E-state index is 3.58. The van der Waals surface area contributed by atoms with Crippen molar-refractivity contribution in [3.63, 3.8) is 0 Å². The first-order chi connectivity index (χ1) is 8.92. The highest BCUT2D eigenvalue weighted by molar-refractivity contribution is 5.35. The van der Waals surface area contributed by atoms with E-state index in [9.17, 15) is 0 Å². The first-order valence-corrected chi connectivity index (χ1v) is 7.46. The molecule has 2 heteroatoms. The SMILES string of the molecule is c1cc2c(cc1CCNCC1CCCN1)CCC2. The first kappa shape index (κ1) is 12.2. The van der Waals surface area contributed by atoms with Crippen LogP contribution in [-0.4, -0.2) is 25.7 Å². The van der Waals surface area contributed by atoms with Crippen LogP contribution in [0.2, 0.25) is 0 Å². The van der Waals surface area contributed by atoms with Crippen LogP contribution in [0.5, 0.6) is 0 Å². The summed E-state index contributed by atoms with van der Waals surface area (Å²) >= 11 is 0. The lowest BCUT2D eigenvalue weighted by Gasteiger charge is -2.11. The summed E-state index contributed by atoms with van der Waals surface area (Å²) in [5, 5.41) is 7.11. The summed E-state index contributed by atoms with van der Waals surface area (Å²) in [7, 11) is 0. The Morgan fingerprint density at radius 1 is 1.17 bits per heavy atom. The summed E-state index contributed by atoms with van der Waals surface area (Å²) < 4.78 is 0. The first-order valence-electron chi connectivity index (χ1n) is 7.46. The van der Waals surface area contributed by atoms with Crippen LogP contribution in [-0.2, 0) is 19.3 Å². The average Bonchev–Trinajstić information content (AvgIpc) is 3.05. The number of hydrogen-bond acceptors (Lipinski definition) is 2. The number of fused-ring (bicyclic) bond motifs is 1. The van der Waals surface area contributed by atoms with Crippen LogP contribution in [0.15, 0.2) is 18.2 Å². The molecule has 1 atom stereocenters. The lowest BCUT2D eigenvalue weighted by atomic mass is 10.0. The second-order valence-electron chi connectivity index (χ2n) is 5.70. The predicted octanol–water partition coefficient (Wildman–Crippen LogP) is 2.06. The van der Waals surface area contributed by atoms with Crippen LogP contribution >= 0.6 is 0 Å². The monoisotopic (exact) mass is 244 g/mol. The highest BCUT2D eigenvalue weighted by Gasteiger charge is 2.13. The number of aryl methyl sites for hydroxylation is 2. The molecule has 0 amide bonds. The Morgan fingerprint density at radius 2 is 2.11 bits per heavy atom. The number of rotatable bonds is 5. The number of nitrogens with one attached hydrogen (secondary N) is 2. The van der Waals surface area contributed by atoms with Crippen LogP contribution in [0, 0.1) is 0 Å². The zero-order valence-corrected chi connectivity index (χ0v) is 11.2. The Bertz CT molecular complexity index is 394. The van der Waals surface area contributed by atoms with Crippen molar-refractivity contribution in [3.05, 3.63) is 34.9 Å². The Hall–Kier alpha value is -0.860. The second kappa shape index (κ2) is 5.85. The molecule has 1 aliphatic heterocycles. The smallest absolute Gasteiger partial charge is 0.0192 e. The zero-order chi connectivity index (χ0) is 12.2. The van der Waals surface area contributed by atoms with E-state index in [1.807, 2.05) is 0 Å². The third kappa shape index (κ3) is 2.93. The van der Waals surface area contributed by atoms with Gasteiger partial charge in [-0.2, -0.15) is 0 Å². The molecule has 1 fully saturated rings. The second-order valence-corrected chi connectivity index (χ2v) is 5.70. The van der Waals surface area contributed by atoms with Gasteiger partial charge in [-0.1, -0.05) is 18.2 Å². The molecule has 3 rings (SSSR count). The van der Waals surface area contributed by atoms with Crippen LogP contribution < -0.4 is 10.6 Å². The Kier molecular flexibility index (Phi) is 3.96. The molecule has 0 saturated carbocycles. The van der Waals surface area contributed by atoms with Gasteiger partial charge in [0.1, 0.15) is 0 Å². The van der Waals surface area contributed by atoms with Crippen LogP contribution in [0.3, 0.4) is 0 Å². The Morgan fingerprint density at radius 3 is 3.00 bits per heavy atom. The maximum absolute atomic E-state index is 3.58. The van der Waals surface area contributed by atoms with E-state index in [4.69, 9.17) is 0 Å². The minimum Gasteiger partial charge on any atom is -0.315 e. The molecule has 0 radical (unpaired) electrons. The lowest BCUT2D eigenvalue weighted by Crippen LogP contribution is -2.34. The van der Waals surface area contributed by atoms with E-state index in [1.54, 1.807) is 11.1 Å². The molecule has 0 spiro atoms. The van der Waals surface area contributed by atoms with Crippen molar-refractivity contribution in [2.24, 2.45) is 0 Å². The van der Waals surface area contributed by atoms with Gasteiger partial charge >= 0.3 is 0 Å². The Labute approximate surface area is 110 Å². The van der Waals surface area contributed by atoms with E-state index in [0.717, 1.165) is 13.1 Å². The molecule has 2 nitrogen and oxygen atoms in total. The Balaban J connectivity index is 1.42. The molecule has 0 aromatic heterocycles. The summed E-state index contributed by atoms with van der Waals surface area (Å²) in [6.07, 6.45) is 7.79. The summed E-state index contributed by atoms with van der Waals surface area (Å²) in [6.45, 7) is 3.44. The van der Waals surface area contributed by atoms with Gasteiger partial charge in [-0.05, 0) is 68.3 Å². The van der Waals surface area contributed by atoms with E-state index in [0.29, 0.717) is 6.04 Å². The summed E-state index contributed by atoms with van der Waals surface area (Å²) in [4.78, 5) is 0. The van der Waals surface area contributed by atoms with Crippen molar-refractivity contribution in [1.29, 1.82) is 0 Å². The molecule has 2 aliphatic rings. The fourth-order valence-corrected chi connectivity index (χ4v) is 3.22. The van der Waals surface area contributed by atoms with Gasteiger partial charge in [0.05, 0.1) is 0 Å². The van der Waals surface area contributed by atoms with Gasteiger partial charge in [0.2, 0.25) is 0 Å². The summed E-state index contributed by atoms with van der Waals surface area (Å²) in [5.41, 5.74) is 4.69. The standard InChI is InChI=1S/C16H24N2/c1-3-14-7-6-13(11-15(14)4-1)8-10-17-12-16-5-2-9-18-16/h6-7,11,16-18H,1-5,8-10,12H2. The largest absolute Gasteiger partial charge is 0.315 e. The zero-order valence-electron chi connectivity index (χ0n) is 11.2. The van der Waals surface area contributed by atoms with Crippen LogP contribution in [0.25, 0.3) is 0 Å². The van der Waals surface area contributed by atoms with Crippen molar-refractivity contribution in [3.8, 4) is 0 Å². The fourth-order valence-electron chi connectivity index (χ4n) is 3.22. The number of benzene rings is 1. The third-order valence-corrected chi connectivity index (χ3v) is 4.31. The van der Waals surface area contributed by atoms with Gasteiger partial charge in [0.25, 0.3) is 0 Å². The average molecular weight is 244 g/mol. The lowest BCUT2D eigenvalue weighted by molar-refractivity contribution is 0.537. The quantitative estimate of drug-likeness (QED) is 0.775. The highest BCUT2D eigenvalue weighted by atomic mass is 15.0. The van der Waals surface area contributed by atoms with Crippen molar-refractivity contribution in [2.45, 2.75) is 44.6 Å².